The van der Waals surface area contributed by atoms with Crippen LogP contribution in [-0.2, 0) is 4.74 Å². The molecule has 1 heterocycles. The molecule has 1 amide bonds. The molecular weight excluding hydrogens is 223 g/mol. The number of hydrogen-bond donors (Lipinski definition) is 2. The van der Waals surface area contributed by atoms with Gasteiger partial charge in [0.25, 0.3) is 5.91 Å². The second-order valence-electron chi connectivity index (χ2n) is 4.12. The molecule has 1 saturated heterocycles. The molecule has 1 aliphatic rings. The average molecular weight is 238 g/mol. The van der Waals surface area contributed by atoms with Crippen molar-refractivity contribution in [1.29, 1.82) is 0 Å². The Morgan fingerprint density at radius 2 is 2.35 bits per heavy atom. The van der Waals surface area contributed by atoms with Crippen LogP contribution in [0.4, 0.5) is 10.1 Å². The van der Waals surface area contributed by atoms with Crippen LogP contribution >= 0.6 is 0 Å². The van der Waals surface area contributed by atoms with Gasteiger partial charge in [-0.15, -0.1) is 0 Å². The van der Waals surface area contributed by atoms with Gasteiger partial charge in [-0.3, -0.25) is 4.79 Å². The minimum absolute atomic E-state index is 0.0162. The molecule has 3 N–H and O–H groups in total. The number of halogens is 1. The molecule has 4 nitrogen and oxygen atoms in total. The molecule has 1 fully saturated rings. The van der Waals surface area contributed by atoms with Crippen LogP contribution in [0.15, 0.2) is 18.2 Å². The van der Waals surface area contributed by atoms with Crippen molar-refractivity contribution in [2.45, 2.75) is 18.9 Å². The third kappa shape index (κ3) is 2.94. The van der Waals surface area contributed by atoms with E-state index in [2.05, 4.69) is 5.32 Å². The van der Waals surface area contributed by atoms with E-state index < -0.39 is 5.82 Å². The maximum atomic E-state index is 12.9. The van der Waals surface area contributed by atoms with Crippen LogP contribution in [0.1, 0.15) is 23.2 Å². The van der Waals surface area contributed by atoms with Crippen LogP contribution in [0.3, 0.4) is 0 Å². The van der Waals surface area contributed by atoms with Gasteiger partial charge in [-0.1, -0.05) is 0 Å². The second kappa shape index (κ2) is 5.14. The molecule has 0 aliphatic carbocycles. The van der Waals surface area contributed by atoms with Crippen molar-refractivity contribution in [3.63, 3.8) is 0 Å². The number of carbonyl (C=O) groups excluding carboxylic acids is 1. The summed E-state index contributed by atoms with van der Waals surface area (Å²) in [5.74, 6) is -0.755. The number of hydrogen-bond acceptors (Lipinski definition) is 3. The number of nitrogen functional groups attached to an aromatic ring is 1. The molecule has 5 heteroatoms. The van der Waals surface area contributed by atoms with E-state index in [1.54, 1.807) is 0 Å². The molecular formula is C12H15FN2O2. The number of amides is 1. The number of nitrogens with two attached hydrogens (primary N) is 1. The first-order chi connectivity index (χ1) is 8.16. The van der Waals surface area contributed by atoms with Gasteiger partial charge >= 0.3 is 0 Å². The average Bonchev–Trinajstić information content (AvgIpc) is 2.34. The summed E-state index contributed by atoms with van der Waals surface area (Å²) in [6.45, 7) is 1.28. The Morgan fingerprint density at radius 1 is 1.53 bits per heavy atom. The summed E-state index contributed by atoms with van der Waals surface area (Å²) in [5.41, 5.74) is 5.77. The van der Waals surface area contributed by atoms with E-state index in [0.29, 0.717) is 12.2 Å². The predicted molar refractivity (Wildman–Crippen MR) is 62.1 cm³/mol. The Balaban J connectivity index is 2.01. The molecule has 0 saturated carbocycles. The van der Waals surface area contributed by atoms with Gasteiger partial charge in [0.1, 0.15) is 5.82 Å². The molecule has 92 valence electrons. The monoisotopic (exact) mass is 238 g/mol. The van der Waals surface area contributed by atoms with Crippen molar-refractivity contribution in [2.75, 3.05) is 18.9 Å². The van der Waals surface area contributed by atoms with Crippen LogP contribution < -0.4 is 11.1 Å². The molecule has 1 atom stereocenters. The quantitative estimate of drug-likeness (QED) is 0.764. The zero-order valence-corrected chi connectivity index (χ0v) is 9.41. The lowest BCUT2D eigenvalue weighted by Gasteiger charge is -2.23. The Morgan fingerprint density at radius 3 is 3.00 bits per heavy atom. The van der Waals surface area contributed by atoms with Crippen molar-refractivity contribution in [3.8, 4) is 0 Å². The van der Waals surface area contributed by atoms with E-state index in [4.69, 9.17) is 10.5 Å². The van der Waals surface area contributed by atoms with Gasteiger partial charge in [-0.2, -0.15) is 0 Å². The molecule has 1 aromatic rings. The second-order valence-corrected chi connectivity index (χ2v) is 4.12. The van der Waals surface area contributed by atoms with E-state index in [-0.39, 0.29) is 17.6 Å². The van der Waals surface area contributed by atoms with Crippen LogP contribution in [0, 0.1) is 5.82 Å². The Bertz CT molecular complexity index is 417. The van der Waals surface area contributed by atoms with Crippen molar-refractivity contribution in [1.82, 2.24) is 5.32 Å². The topological polar surface area (TPSA) is 64.4 Å². The van der Waals surface area contributed by atoms with Gasteiger partial charge in [-0.05, 0) is 31.0 Å². The first-order valence-corrected chi connectivity index (χ1v) is 5.60. The number of rotatable bonds is 2. The van der Waals surface area contributed by atoms with Crippen LogP contribution in [-0.4, -0.2) is 25.2 Å². The maximum Gasteiger partial charge on any atom is 0.251 e. The molecule has 1 unspecified atom stereocenters. The van der Waals surface area contributed by atoms with Gasteiger partial charge in [0.15, 0.2) is 0 Å². The maximum absolute atomic E-state index is 12.9. The third-order valence-electron chi connectivity index (χ3n) is 2.75. The van der Waals surface area contributed by atoms with Gasteiger partial charge in [0.05, 0.1) is 18.3 Å². The molecule has 2 rings (SSSR count). The van der Waals surface area contributed by atoms with Crippen molar-refractivity contribution >= 4 is 11.6 Å². The summed E-state index contributed by atoms with van der Waals surface area (Å²) in [5, 5.41) is 2.84. The molecule has 0 bridgehead atoms. The van der Waals surface area contributed by atoms with Crippen molar-refractivity contribution in [2.24, 2.45) is 0 Å². The summed E-state index contributed by atoms with van der Waals surface area (Å²) >= 11 is 0. The Kier molecular flexibility index (Phi) is 3.58. The lowest BCUT2D eigenvalue weighted by atomic mass is 10.1. The molecule has 0 spiro atoms. The van der Waals surface area contributed by atoms with E-state index in [1.807, 2.05) is 0 Å². The first kappa shape index (κ1) is 11.9. The summed E-state index contributed by atoms with van der Waals surface area (Å²) in [7, 11) is 0. The predicted octanol–water partition coefficient (Wildman–Crippen LogP) is 1.32. The van der Waals surface area contributed by atoms with Crippen molar-refractivity contribution in [3.05, 3.63) is 29.6 Å². The van der Waals surface area contributed by atoms with E-state index in [0.717, 1.165) is 19.4 Å². The number of carbonyl (C=O) groups is 1. The van der Waals surface area contributed by atoms with E-state index in [1.165, 1.54) is 18.2 Å². The van der Waals surface area contributed by atoms with Gasteiger partial charge < -0.3 is 15.8 Å². The standard InChI is InChI=1S/C12H15FN2O2/c13-10-4-3-8(6-11(10)14)12(16)15-9-2-1-5-17-7-9/h3-4,6,9H,1-2,5,7,14H2,(H,15,16). The number of anilines is 1. The Labute approximate surface area is 98.9 Å². The largest absolute Gasteiger partial charge is 0.396 e. The van der Waals surface area contributed by atoms with Crippen LogP contribution in [0.25, 0.3) is 0 Å². The summed E-state index contributed by atoms with van der Waals surface area (Å²) in [6, 6.07) is 3.99. The smallest absolute Gasteiger partial charge is 0.251 e. The fraction of sp³-hybridized carbons (Fsp3) is 0.417. The minimum atomic E-state index is -0.512. The zero-order valence-electron chi connectivity index (χ0n) is 9.41. The normalized spacial score (nSPS) is 19.9. The van der Waals surface area contributed by atoms with E-state index >= 15 is 0 Å². The Hall–Kier alpha value is -1.62. The van der Waals surface area contributed by atoms with E-state index in [9.17, 15) is 9.18 Å². The first-order valence-electron chi connectivity index (χ1n) is 5.60. The van der Waals surface area contributed by atoms with Gasteiger partial charge in [0.2, 0.25) is 0 Å². The number of benzene rings is 1. The minimum Gasteiger partial charge on any atom is -0.396 e. The highest BCUT2D eigenvalue weighted by atomic mass is 19.1. The highest BCUT2D eigenvalue weighted by Crippen LogP contribution is 2.13. The van der Waals surface area contributed by atoms with Crippen LogP contribution in [0.2, 0.25) is 0 Å². The molecule has 0 radical (unpaired) electrons. The zero-order chi connectivity index (χ0) is 12.3. The highest BCUT2D eigenvalue weighted by Gasteiger charge is 2.17. The molecule has 0 aromatic heterocycles. The van der Waals surface area contributed by atoms with Gasteiger partial charge in [0, 0.05) is 12.2 Å². The van der Waals surface area contributed by atoms with Gasteiger partial charge in [-0.25, -0.2) is 4.39 Å². The molecule has 1 aromatic carbocycles. The fourth-order valence-electron chi connectivity index (χ4n) is 1.81. The fourth-order valence-corrected chi connectivity index (χ4v) is 1.81. The SMILES string of the molecule is Nc1cc(C(=O)NC2CCCOC2)ccc1F. The summed E-state index contributed by atoms with van der Waals surface area (Å²) < 4.78 is 18.2. The lowest BCUT2D eigenvalue weighted by Crippen LogP contribution is -2.40. The molecule has 17 heavy (non-hydrogen) atoms. The van der Waals surface area contributed by atoms with Crippen molar-refractivity contribution < 1.29 is 13.9 Å². The third-order valence-corrected chi connectivity index (χ3v) is 2.75. The number of ether oxygens (including phenoxy) is 1. The van der Waals surface area contributed by atoms with Crippen LogP contribution in [0.5, 0.6) is 0 Å². The summed E-state index contributed by atoms with van der Waals surface area (Å²) in [4.78, 5) is 11.8. The highest BCUT2D eigenvalue weighted by molar-refractivity contribution is 5.95. The summed E-state index contributed by atoms with van der Waals surface area (Å²) in [6.07, 6.45) is 1.85. The number of nitrogens with one attached hydrogen (secondary N) is 1. The molecule has 1 aliphatic heterocycles. The lowest BCUT2D eigenvalue weighted by molar-refractivity contribution is 0.0624.